The third-order valence-electron chi connectivity index (χ3n) is 5.47. The van der Waals surface area contributed by atoms with Crippen molar-refractivity contribution in [3.63, 3.8) is 0 Å². The van der Waals surface area contributed by atoms with Gasteiger partial charge in [-0.05, 0) is 31.4 Å². The van der Waals surface area contributed by atoms with E-state index in [4.69, 9.17) is 10.8 Å². The van der Waals surface area contributed by atoms with E-state index in [0.717, 1.165) is 0 Å². The van der Waals surface area contributed by atoms with Gasteiger partial charge in [0.25, 0.3) is 5.91 Å². The fourth-order valence-electron chi connectivity index (χ4n) is 3.93. The molecule has 0 bridgehead atoms. The molecule has 1 atom stereocenters. The summed E-state index contributed by atoms with van der Waals surface area (Å²) in [6, 6.07) is 10.8. The largest absolute Gasteiger partial charge is 0.480 e. The summed E-state index contributed by atoms with van der Waals surface area (Å²) in [5.74, 6) is -2.16. The molecule has 31 heavy (non-hydrogen) atoms. The molecule has 1 aliphatic rings. The van der Waals surface area contributed by atoms with Crippen LogP contribution in [0.1, 0.15) is 61.6 Å². The summed E-state index contributed by atoms with van der Waals surface area (Å²) in [5.41, 5.74) is 7.05. The molecule has 4 rings (SSSR count). The molecule has 2 aromatic heterocycles. The molecule has 2 heterocycles. The van der Waals surface area contributed by atoms with Gasteiger partial charge in [0, 0.05) is 23.9 Å². The minimum atomic E-state index is -1.06. The molecule has 1 amide bonds. The second kappa shape index (κ2) is 8.16. The average molecular weight is 419 g/mol. The number of amides is 1. The molecular formula is C23H21N3O5. The van der Waals surface area contributed by atoms with Crippen molar-refractivity contribution in [3.8, 4) is 0 Å². The van der Waals surface area contributed by atoms with Crippen molar-refractivity contribution in [1.29, 1.82) is 0 Å². The quantitative estimate of drug-likeness (QED) is 0.393. The van der Waals surface area contributed by atoms with Crippen LogP contribution in [-0.4, -0.2) is 45.5 Å². The van der Waals surface area contributed by atoms with Crippen molar-refractivity contribution in [2.24, 2.45) is 5.73 Å². The van der Waals surface area contributed by atoms with Gasteiger partial charge in [-0.15, -0.1) is 0 Å². The lowest BCUT2D eigenvalue weighted by atomic mass is 9.86. The number of hydrogen-bond acceptors (Lipinski definition) is 5. The van der Waals surface area contributed by atoms with Crippen molar-refractivity contribution < 1.29 is 24.3 Å². The maximum atomic E-state index is 13.2. The Balaban J connectivity index is 1.64. The zero-order valence-electron chi connectivity index (χ0n) is 16.6. The molecule has 0 saturated carbocycles. The first-order chi connectivity index (χ1) is 14.9. The predicted molar refractivity (Wildman–Crippen MR) is 112 cm³/mol. The van der Waals surface area contributed by atoms with Gasteiger partial charge in [0.2, 0.25) is 5.78 Å². The number of fused-ring (bicyclic) bond motifs is 4. The number of carboxylic acids is 1. The van der Waals surface area contributed by atoms with Crippen molar-refractivity contribution in [2.45, 2.75) is 25.3 Å². The maximum Gasteiger partial charge on any atom is 0.320 e. The van der Waals surface area contributed by atoms with E-state index in [-0.39, 0.29) is 34.0 Å². The molecule has 8 heteroatoms. The van der Waals surface area contributed by atoms with Gasteiger partial charge in [-0.25, -0.2) is 0 Å². The first kappa shape index (κ1) is 20.5. The van der Waals surface area contributed by atoms with Gasteiger partial charge in [-0.2, -0.15) is 0 Å². The van der Waals surface area contributed by atoms with Crippen LogP contribution in [0.15, 0.2) is 48.7 Å². The molecule has 0 fully saturated rings. The Morgan fingerprint density at radius 2 is 1.68 bits per heavy atom. The topological polar surface area (TPSA) is 131 Å². The number of nitrogens with two attached hydrogens (primary N) is 1. The summed E-state index contributed by atoms with van der Waals surface area (Å²) in [4.78, 5) is 50.2. The van der Waals surface area contributed by atoms with E-state index in [1.54, 1.807) is 53.1 Å². The van der Waals surface area contributed by atoms with Crippen molar-refractivity contribution in [1.82, 2.24) is 9.72 Å². The van der Waals surface area contributed by atoms with Crippen LogP contribution in [0.5, 0.6) is 0 Å². The van der Waals surface area contributed by atoms with Crippen molar-refractivity contribution >= 4 is 29.0 Å². The summed E-state index contributed by atoms with van der Waals surface area (Å²) < 4.78 is 1.59. The Hall–Kier alpha value is -3.78. The highest BCUT2D eigenvalue weighted by atomic mass is 16.4. The number of pyridine rings is 1. The third-order valence-corrected chi connectivity index (χ3v) is 5.47. The number of unbranched alkanes of at least 4 members (excludes halogenated alkanes) is 1. The maximum absolute atomic E-state index is 13.2. The standard InChI is InChI=1S/C23H21N3O5/c24-15(23(30)31)9-3-5-11-25-22(29)17-16-10-4-6-12-26(16)19-18(17)20(27)13-7-1-2-8-14(13)21(19)28/h1-2,4,6-8,10,12,15H,3,5,9,11,24H2,(H,25,29)(H,30,31). The molecule has 1 aliphatic carbocycles. The normalized spacial score (nSPS) is 13.6. The third kappa shape index (κ3) is 3.51. The van der Waals surface area contributed by atoms with Crippen LogP contribution in [0.2, 0.25) is 0 Å². The van der Waals surface area contributed by atoms with Gasteiger partial charge in [-0.1, -0.05) is 30.3 Å². The van der Waals surface area contributed by atoms with Crippen LogP contribution in [-0.2, 0) is 4.79 Å². The highest BCUT2D eigenvalue weighted by Crippen LogP contribution is 2.33. The first-order valence-corrected chi connectivity index (χ1v) is 10.00. The average Bonchev–Trinajstić information content (AvgIpc) is 3.12. The Kier molecular flexibility index (Phi) is 5.39. The SMILES string of the molecule is NC(CCCCNC(=O)c1c2c(n3ccccc13)C(=O)c1ccccc1C2=O)C(=O)O. The number of rotatable bonds is 7. The minimum absolute atomic E-state index is 0.111. The molecule has 4 N–H and O–H groups in total. The zero-order chi connectivity index (χ0) is 22.1. The van der Waals surface area contributed by atoms with Gasteiger partial charge < -0.3 is 20.6 Å². The number of ketones is 2. The molecule has 0 aliphatic heterocycles. The van der Waals surface area contributed by atoms with Crippen LogP contribution >= 0.6 is 0 Å². The Morgan fingerprint density at radius 1 is 1.00 bits per heavy atom. The number of hydrogen-bond donors (Lipinski definition) is 3. The summed E-state index contributed by atoms with van der Waals surface area (Å²) in [6.07, 6.45) is 3.04. The van der Waals surface area contributed by atoms with E-state index in [1.807, 2.05) is 0 Å². The van der Waals surface area contributed by atoms with Crippen LogP contribution in [0, 0.1) is 0 Å². The lowest BCUT2D eigenvalue weighted by molar-refractivity contribution is -0.138. The number of nitrogens with one attached hydrogen (secondary N) is 1. The summed E-state index contributed by atoms with van der Waals surface area (Å²) in [6.45, 7) is 0.294. The number of nitrogens with zero attached hydrogens (tertiary/aromatic N) is 1. The summed E-state index contributed by atoms with van der Waals surface area (Å²) in [5, 5.41) is 11.6. The molecular weight excluding hydrogens is 398 g/mol. The van der Waals surface area contributed by atoms with Crippen molar-refractivity contribution in [3.05, 3.63) is 76.6 Å². The van der Waals surface area contributed by atoms with E-state index in [2.05, 4.69) is 5.32 Å². The lowest BCUT2D eigenvalue weighted by Gasteiger charge is -2.15. The first-order valence-electron chi connectivity index (χ1n) is 10.00. The smallest absolute Gasteiger partial charge is 0.320 e. The number of benzene rings is 1. The van der Waals surface area contributed by atoms with Crippen LogP contribution in [0.4, 0.5) is 0 Å². The number of aliphatic carboxylic acids is 1. The molecule has 1 unspecified atom stereocenters. The Morgan fingerprint density at radius 3 is 2.39 bits per heavy atom. The number of carbonyl (C=O) groups is 4. The molecule has 3 aromatic rings. The Labute approximate surface area is 177 Å². The van der Waals surface area contributed by atoms with Crippen LogP contribution in [0.25, 0.3) is 5.52 Å². The molecule has 0 spiro atoms. The molecule has 0 radical (unpaired) electrons. The van der Waals surface area contributed by atoms with E-state index >= 15 is 0 Å². The predicted octanol–water partition coefficient (Wildman–Crippen LogP) is 2.03. The fraction of sp³-hybridized carbons (Fsp3) is 0.217. The highest BCUT2D eigenvalue weighted by Gasteiger charge is 2.37. The van der Waals surface area contributed by atoms with E-state index in [9.17, 15) is 19.2 Å². The molecule has 158 valence electrons. The number of aromatic nitrogens is 1. The summed E-state index contributed by atoms with van der Waals surface area (Å²) >= 11 is 0. The second-order valence-electron chi connectivity index (χ2n) is 7.45. The van der Waals surface area contributed by atoms with Crippen molar-refractivity contribution in [2.75, 3.05) is 6.54 Å². The number of carbonyl (C=O) groups excluding carboxylic acids is 3. The summed E-state index contributed by atoms with van der Waals surface area (Å²) in [7, 11) is 0. The van der Waals surface area contributed by atoms with E-state index in [1.165, 1.54) is 0 Å². The van der Waals surface area contributed by atoms with Gasteiger partial charge in [0.15, 0.2) is 5.78 Å². The highest BCUT2D eigenvalue weighted by molar-refractivity contribution is 6.32. The second-order valence-corrected chi connectivity index (χ2v) is 7.45. The van der Waals surface area contributed by atoms with Gasteiger partial charge in [0.1, 0.15) is 11.7 Å². The van der Waals surface area contributed by atoms with Gasteiger partial charge in [0.05, 0.1) is 16.6 Å². The zero-order valence-corrected chi connectivity index (χ0v) is 16.6. The monoisotopic (exact) mass is 419 g/mol. The van der Waals surface area contributed by atoms with E-state index in [0.29, 0.717) is 36.9 Å². The molecule has 0 saturated heterocycles. The fourth-order valence-corrected chi connectivity index (χ4v) is 3.93. The Bertz CT molecular complexity index is 1230. The lowest BCUT2D eigenvalue weighted by Crippen LogP contribution is -2.30. The van der Waals surface area contributed by atoms with Gasteiger partial charge >= 0.3 is 5.97 Å². The van der Waals surface area contributed by atoms with Crippen LogP contribution in [0.3, 0.4) is 0 Å². The molecule has 1 aromatic carbocycles. The van der Waals surface area contributed by atoms with E-state index < -0.39 is 17.9 Å². The van der Waals surface area contributed by atoms with Gasteiger partial charge in [-0.3, -0.25) is 19.2 Å². The van der Waals surface area contributed by atoms with Crippen LogP contribution < -0.4 is 11.1 Å². The number of carboxylic acid groups (broad SMARTS) is 1. The minimum Gasteiger partial charge on any atom is -0.480 e. The molecule has 8 nitrogen and oxygen atoms in total.